The molecule has 1 atom stereocenters. The molecule has 0 saturated carbocycles. The summed E-state index contributed by atoms with van der Waals surface area (Å²) in [6.07, 6.45) is 1.38. The van der Waals surface area contributed by atoms with Crippen molar-refractivity contribution >= 4 is 29.3 Å². The highest BCUT2D eigenvalue weighted by molar-refractivity contribution is 5.86. The predicted octanol–water partition coefficient (Wildman–Crippen LogP) is 2.73. The molecule has 2 N–H and O–H groups in total. The summed E-state index contributed by atoms with van der Waals surface area (Å²) in [4.78, 5) is 15.1. The Morgan fingerprint density at radius 2 is 2.20 bits per heavy atom. The first-order chi connectivity index (χ1) is 9.29. The second kappa shape index (κ2) is 6.29. The molecule has 0 fully saturated rings. The zero-order chi connectivity index (χ0) is 13.2. The predicted molar refractivity (Wildman–Crippen MR) is 81.2 cm³/mol. The number of hydrogen-bond acceptors (Lipinski definition) is 3. The SMILES string of the molecule is CCOC(=O)CC1NCCc2c1[nH]c1ccccc21.Cl. The first kappa shape index (κ1) is 14.9. The third-order valence-corrected chi connectivity index (χ3v) is 3.64. The number of carbonyl (C=O) groups is 1. The topological polar surface area (TPSA) is 54.1 Å². The van der Waals surface area contributed by atoms with Crippen LogP contribution in [0.1, 0.15) is 30.6 Å². The van der Waals surface area contributed by atoms with Crippen LogP contribution in [0.4, 0.5) is 0 Å². The van der Waals surface area contributed by atoms with Crippen LogP contribution in [-0.2, 0) is 16.0 Å². The Labute approximate surface area is 124 Å². The molecule has 108 valence electrons. The van der Waals surface area contributed by atoms with Gasteiger partial charge in [0.1, 0.15) is 0 Å². The van der Waals surface area contributed by atoms with Crippen molar-refractivity contribution < 1.29 is 9.53 Å². The number of fused-ring (bicyclic) bond motifs is 3. The van der Waals surface area contributed by atoms with Gasteiger partial charge in [-0.2, -0.15) is 0 Å². The first-order valence-corrected chi connectivity index (χ1v) is 6.78. The van der Waals surface area contributed by atoms with Crippen molar-refractivity contribution in [2.45, 2.75) is 25.8 Å². The molecular formula is C15H19ClN2O2. The third kappa shape index (κ3) is 2.67. The van der Waals surface area contributed by atoms with Crippen molar-refractivity contribution in [3.8, 4) is 0 Å². The fourth-order valence-corrected chi connectivity index (χ4v) is 2.82. The van der Waals surface area contributed by atoms with E-state index in [0.717, 1.165) is 24.2 Å². The minimum atomic E-state index is -0.147. The molecular weight excluding hydrogens is 276 g/mol. The zero-order valence-corrected chi connectivity index (χ0v) is 12.3. The molecule has 0 radical (unpaired) electrons. The summed E-state index contributed by atoms with van der Waals surface area (Å²) in [5, 5.41) is 4.66. The molecule has 1 aromatic carbocycles. The van der Waals surface area contributed by atoms with Crippen molar-refractivity contribution in [3.63, 3.8) is 0 Å². The largest absolute Gasteiger partial charge is 0.466 e. The fourth-order valence-electron chi connectivity index (χ4n) is 2.82. The van der Waals surface area contributed by atoms with E-state index in [1.807, 2.05) is 13.0 Å². The Morgan fingerprint density at radius 1 is 1.40 bits per heavy atom. The van der Waals surface area contributed by atoms with E-state index in [1.165, 1.54) is 10.9 Å². The molecule has 3 rings (SSSR count). The number of ether oxygens (including phenoxy) is 1. The van der Waals surface area contributed by atoms with Crippen molar-refractivity contribution in [3.05, 3.63) is 35.5 Å². The van der Waals surface area contributed by atoms with E-state index in [4.69, 9.17) is 4.74 Å². The summed E-state index contributed by atoms with van der Waals surface area (Å²) in [5.74, 6) is -0.147. The number of carbonyl (C=O) groups excluding carboxylic acids is 1. The molecule has 0 amide bonds. The highest BCUT2D eigenvalue weighted by Gasteiger charge is 2.25. The van der Waals surface area contributed by atoms with Gasteiger partial charge in [-0.15, -0.1) is 12.4 Å². The van der Waals surface area contributed by atoms with Crippen LogP contribution in [0.15, 0.2) is 24.3 Å². The van der Waals surface area contributed by atoms with Crippen molar-refractivity contribution in [2.24, 2.45) is 0 Å². The minimum absolute atomic E-state index is 0. The lowest BCUT2D eigenvalue weighted by atomic mass is 9.97. The normalized spacial score (nSPS) is 17.4. The molecule has 0 saturated heterocycles. The van der Waals surface area contributed by atoms with Gasteiger partial charge < -0.3 is 15.0 Å². The van der Waals surface area contributed by atoms with Gasteiger partial charge in [-0.05, 0) is 31.5 Å². The van der Waals surface area contributed by atoms with Crippen molar-refractivity contribution in [1.82, 2.24) is 10.3 Å². The minimum Gasteiger partial charge on any atom is -0.466 e. The van der Waals surface area contributed by atoms with Crippen LogP contribution in [0.25, 0.3) is 10.9 Å². The van der Waals surface area contributed by atoms with E-state index in [0.29, 0.717) is 13.0 Å². The number of halogens is 1. The van der Waals surface area contributed by atoms with Crippen LogP contribution in [0.2, 0.25) is 0 Å². The lowest BCUT2D eigenvalue weighted by Gasteiger charge is -2.23. The molecule has 2 aromatic rings. The number of aromatic nitrogens is 1. The van der Waals surface area contributed by atoms with Crippen molar-refractivity contribution in [1.29, 1.82) is 0 Å². The first-order valence-electron chi connectivity index (χ1n) is 6.78. The Morgan fingerprint density at radius 3 is 3.00 bits per heavy atom. The van der Waals surface area contributed by atoms with E-state index < -0.39 is 0 Å². The summed E-state index contributed by atoms with van der Waals surface area (Å²) in [7, 11) is 0. The molecule has 5 heteroatoms. The summed E-state index contributed by atoms with van der Waals surface area (Å²) in [6.45, 7) is 3.17. The van der Waals surface area contributed by atoms with Crippen LogP contribution in [0.5, 0.6) is 0 Å². The fraction of sp³-hybridized carbons (Fsp3) is 0.400. The molecule has 1 unspecified atom stereocenters. The molecule has 1 aromatic heterocycles. The second-order valence-electron chi connectivity index (χ2n) is 4.83. The van der Waals surface area contributed by atoms with E-state index >= 15 is 0 Å². The summed E-state index contributed by atoms with van der Waals surface area (Å²) < 4.78 is 5.04. The molecule has 20 heavy (non-hydrogen) atoms. The van der Waals surface area contributed by atoms with Crippen LogP contribution in [0, 0.1) is 0 Å². The van der Waals surface area contributed by atoms with Gasteiger partial charge in [0.2, 0.25) is 0 Å². The van der Waals surface area contributed by atoms with Gasteiger partial charge >= 0.3 is 5.97 Å². The van der Waals surface area contributed by atoms with Gasteiger partial charge in [0.25, 0.3) is 0 Å². The summed E-state index contributed by atoms with van der Waals surface area (Å²) >= 11 is 0. The van der Waals surface area contributed by atoms with Gasteiger partial charge in [-0.1, -0.05) is 18.2 Å². The molecule has 2 heterocycles. The van der Waals surface area contributed by atoms with E-state index in [9.17, 15) is 4.79 Å². The third-order valence-electron chi connectivity index (χ3n) is 3.64. The monoisotopic (exact) mass is 294 g/mol. The van der Waals surface area contributed by atoms with E-state index in [1.54, 1.807) is 0 Å². The molecule has 0 spiro atoms. The number of rotatable bonds is 3. The average molecular weight is 295 g/mol. The maximum absolute atomic E-state index is 11.7. The Balaban J connectivity index is 0.00000147. The highest BCUT2D eigenvalue weighted by Crippen LogP contribution is 2.31. The van der Waals surface area contributed by atoms with E-state index in [2.05, 4.69) is 28.5 Å². The lowest BCUT2D eigenvalue weighted by Crippen LogP contribution is -2.31. The Bertz CT molecular complexity index is 609. The maximum Gasteiger partial charge on any atom is 0.307 e. The molecule has 0 bridgehead atoms. The number of aromatic amines is 1. The Hall–Kier alpha value is -1.52. The number of esters is 1. The Kier molecular flexibility index (Phi) is 4.68. The van der Waals surface area contributed by atoms with Gasteiger partial charge in [-0.3, -0.25) is 4.79 Å². The maximum atomic E-state index is 11.7. The summed E-state index contributed by atoms with van der Waals surface area (Å²) in [5.41, 5.74) is 3.62. The number of para-hydroxylation sites is 1. The van der Waals surface area contributed by atoms with Crippen LogP contribution >= 0.6 is 12.4 Å². The number of benzene rings is 1. The molecule has 1 aliphatic heterocycles. The standard InChI is InChI=1S/C15H18N2O2.ClH/c1-2-19-14(18)9-13-15-11(7-8-16-13)10-5-3-4-6-12(10)17-15;/h3-6,13,16-17H,2,7-9H2,1H3;1H. The average Bonchev–Trinajstić information content (AvgIpc) is 2.79. The number of hydrogen-bond donors (Lipinski definition) is 2. The van der Waals surface area contributed by atoms with Crippen molar-refractivity contribution in [2.75, 3.05) is 13.2 Å². The molecule has 4 nitrogen and oxygen atoms in total. The smallest absolute Gasteiger partial charge is 0.307 e. The van der Waals surface area contributed by atoms with Crippen LogP contribution in [0.3, 0.4) is 0 Å². The number of nitrogens with one attached hydrogen (secondary N) is 2. The van der Waals surface area contributed by atoms with E-state index in [-0.39, 0.29) is 24.4 Å². The van der Waals surface area contributed by atoms with Gasteiger partial charge in [0, 0.05) is 16.6 Å². The zero-order valence-electron chi connectivity index (χ0n) is 11.4. The quantitative estimate of drug-likeness (QED) is 0.856. The van der Waals surface area contributed by atoms with Gasteiger partial charge in [0.05, 0.1) is 19.1 Å². The number of H-pyrrole nitrogens is 1. The van der Waals surface area contributed by atoms with Gasteiger partial charge in [-0.25, -0.2) is 0 Å². The molecule has 1 aliphatic rings. The summed E-state index contributed by atoms with van der Waals surface area (Å²) in [6, 6.07) is 8.33. The lowest BCUT2D eigenvalue weighted by molar-refractivity contribution is -0.143. The van der Waals surface area contributed by atoms with Crippen LogP contribution in [-0.4, -0.2) is 24.1 Å². The highest BCUT2D eigenvalue weighted by atomic mass is 35.5. The second-order valence-corrected chi connectivity index (χ2v) is 4.83. The van der Waals surface area contributed by atoms with Crippen LogP contribution < -0.4 is 5.32 Å². The van der Waals surface area contributed by atoms with Gasteiger partial charge in [0.15, 0.2) is 0 Å². The molecule has 0 aliphatic carbocycles.